The third-order valence-electron chi connectivity index (χ3n) is 5.91. The van der Waals surface area contributed by atoms with E-state index in [1.807, 2.05) is 56.0 Å². The number of piperazine rings is 1. The van der Waals surface area contributed by atoms with E-state index in [1.54, 1.807) is 0 Å². The van der Waals surface area contributed by atoms with Crippen LogP contribution in [0.3, 0.4) is 0 Å². The molecule has 1 aliphatic heterocycles. The standard InChI is InChI=1S/C26H30N4O2/c1-18-6-9-22(10-7-18)23-11-12-25(28-27-23)29-13-15-30(16-14-29)26(31)21(4)32-24-17-19(2)5-8-20(24)3/h5-12,17,21H,13-16H2,1-4H3. The smallest absolute Gasteiger partial charge is 0.263 e. The number of amides is 1. The van der Waals surface area contributed by atoms with Crippen molar-refractivity contribution in [3.05, 3.63) is 71.3 Å². The second-order valence-corrected chi connectivity index (χ2v) is 8.48. The van der Waals surface area contributed by atoms with Crippen molar-refractivity contribution >= 4 is 11.7 Å². The Morgan fingerprint density at radius 3 is 2.22 bits per heavy atom. The molecule has 0 bridgehead atoms. The van der Waals surface area contributed by atoms with Gasteiger partial charge >= 0.3 is 0 Å². The average molecular weight is 431 g/mol. The first-order valence-electron chi connectivity index (χ1n) is 11.1. The number of rotatable bonds is 5. The number of carbonyl (C=O) groups excluding carboxylic acids is 1. The van der Waals surface area contributed by atoms with Gasteiger partial charge in [0.05, 0.1) is 5.69 Å². The van der Waals surface area contributed by atoms with Crippen LogP contribution in [0.1, 0.15) is 23.6 Å². The molecular weight excluding hydrogens is 400 g/mol. The maximum Gasteiger partial charge on any atom is 0.263 e. The van der Waals surface area contributed by atoms with Crippen molar-refractivity contribution < 1.29 is 9.53 Å². The lowest BCUT2D eigenvalue weighted by Crippen LogP contribution is -2.52. The highest BCUT2D eigenvalue weighted by Crippen LogP contribution is 2.22. The van der Waals surface area contributed by atoms with E-state index >= 15 is 0 Å². The van der Waals surface area contributed by atoms with Crippen molar-refractivity contribution in [3.63, 3.8) is 0 Å². The lowest BCUT2D eigenvalue weighted by Gasteiger charge is -2.36. The predicted octanol–water partition coefficient (Wildman–Crippen LogP) is 4.18. The number of benzene rings is 2. The molecule has 6 nitrogen and oxygen atoms in total. The Bertz CT molecular complexity index is 1070. The van der Waals surface area contributed by atoms with Crippen molar-refractivity contribution in [2.24, 2.45) is 0 Å². The van der Waals surface area contributed by atoms with Gasteiger partial charge in [0, 0.05) is 31.7 Å². The molecule has 4 rings (SSSR count). The van der Waals surface area contributed by atoms with Gasteiger partial charge in [-0.1, -0.05) is 42.0 Å². The number of ether oxygens (including phenoxy) is 1. The first-order chi connectivity index (χ1) is 15.4. The topological polar surface area (TPSA) is 58.6 Å². The van der Waals surface area contributed by atoms with Crippen LogP contribution in [0.2, 0.25) is 0 Å². The van der Waals surface area contributed by atoms with Gasteiger partial charge in [-0.25, -0.2) is 0 Å². The van der Waals surface area contributed by atoms with Crippen molar-refractivity contribution in [1.82, 2.24) is 15.1 Å². The van der Waals surface area contributed by atoms with Gasteiger partial charge in [-0.15, -0.1) is 10.2 Å². The predicted molar refractivity (Wildman–Crippen MR) is 127 cm³/mol. The summed E-state index contributed by atoms with van der Waals surface area (Å²) in [5.74, 6) is 1.63. The molecule has 3 aromatic rings. The summed E-state index contributed by atoms with van der Waals surface area (Å²) in [4.78, 5) is 17.0. The van der Waals surface area contributed by atoms with Gasteiger partial charge < -0.3 is 14.5 Å². The van der Waals surface area contributed by atoms with E-state index < -0.39 is 6.10 Å². The van der Waals surface area contributed by atoms with E-state index in [0.717, 1.165) is 47.0 Å². The number of hydrogen-bond donors (Lipinski definition) is 0. The van der Waals surface area contributed by atoms with Gasteiger partial charge in [0.1, 0.15) is 5.75 Å². The van der Waals surface area contributed by atoms with Crippen LogP contribution in [0.25, 0.3) is 11.3 Å². The van der Waals surface area contributed by atoms with Crippen LogP contribution < -0.4 is 9.64 Å². The van der Waals surface area contributed by atoms with Crippen LogP contribution in [-0.4, -0.2) is 53.3 Å². The molecule has 0 spiro atoms. The Hall–Kier alpha value is -3.41. The largest absolute Gasteiger partial charge is 0.481 e. The van der Waals surface area contributed by atoms with Gasteiger partial charge in [-0.2, -0.15) is 0 Å². The normalized spacial score (nSPS) is 14.9. The van der Waals surface area contributed by atoms with Crippen LogP contribution in [0.5, 0.6) is 5.75 Å². The maximum absolute atomic E-state index is 12.9. The van der Waals surface area contributed by atoms with E-state index in [1.165, 1.54) is 5.56 Å². The number of carbonyl (C=O) groups is 1. The summed E-state index contributed by atoms with van der Waals surface area (Å²) in [6.07, 6.45) is -0.518. The monoisotopic (exact) mass is 430 g/mol. The molecule has 1 saturated heterocycles. The Labute approximate surface area is 189 Å². The number of nitrogens with zero attached hydrogens (tertiary/aromatic N) is 4. The first kappa shape index (κ1) is 21.8. The maximum atomic E-state index is 12.9. The molecule has 1 aliphatic rings. The molecular formula is C26H30N4O2. The molecule has 0 saturated carbocycles. The summed E-state index contributed by atoms with van der Waals surface area (Å²) in [6, 6.07) is 18.3. The lowest BCUT2D eigenvalue weighted by atomic mass is 10.1. The van der Waals surface area contributed by atoms with Crippen molar-refractivity contribution in [3.8, 4) is 17.0 Å². The van der Waals surface area contributed by atoms with E-state index in [4.69, 9.17) is 4.74 Å². The number of aromatic nitrogens is 2. The van der Waals surface area contributed by atoms with Crippen LogP contribution in [-0.2, 0) is 4.79 Å². The molecule has 166 valence electrons. The summed E-state index contributed by atoms with van der Waals surface area (Å²) in [5.41, 5.74) is 5.29. The quantitative estimate of drug-likeness (QED) is 0.608. The SMILES string of the molecule is Cc1ccc(-c2ccc(N3CCN(C(=O)C(C)Oc4cc(C)ccc4C)CC3)nn2)cc1. The van der Waals surface area contributed by atoms with Crippen LogP contribution >= 0.6 is 0 Å². The second kappa shape index (κ2) is 9.39. The molecule has 2 aromatic carbocycles. The molecule has 1 unspecified atom stereocenters. The average Bonchev–Trinajstić information content (AvgIpc) is 2.82. The van der Waals surface area contributed by atoms with Crippen LogP contribution in [0, 0.1) is 20.8 Å². The summed E-state index contributed by atoms with van der Waals surface area (Å²) < 4.78 is 5.99. The third kappa shape index (κ3) is 4.90. The summed E-state index contributed by atoms with van der Waals surface area (Å²) in [5, 5.41) is 8.83. The van der Waals surface area contributed by atoms with E-state index in [-0.39, 0.29) is 5.91 Å². The molecule has 0 aliphatic carbocycles. The number of aryl methyl sites for hydroxylation is 3. The molecule has 2 heterocycles. The van der Waals surface area contributed by atoms with Gasteiger partial charge in [-0.3, -0.25) is 4.79 Å². The van der Waals surface area contributed by atoms with Gasteiger partial charge in [0.2, 0.25) is 0 Å². The molecule has 0 N–H and O–H groups in total. The highest BCUT2D eigenvalue weighted by molar-refractivity contribution is 5.81. The van der Waals surface area contributed by atoms with E-state index in [9.17, 15) is 4.79 Å². The lowest BCUT2D eigenvalue weighted by molar-refractivity contribution is -0.138. The second-order valence-electron chi connectivity index (χ2n) is 8.48. The van der Waals surface area contributed by atoms with Crippen LogP contribution in [0.15, 0.2) is 54.6 Å². The minimum Gasteiger partial charge on any atom is -0.481 e. The summed E-state index contributed by atoms with van der Waals surface area (Å²) >= 11 is 0. The van der Waals surface area contributed by atoms with E-state index in [2.05, 4.69) is 46.3 Å². The Kier molecular flexibility index (Phi) is 6.40. The highest BCUT2D eigenvalue weighted by atomic mass is 16.5. The fourth-order valence-corrected chi connectivity index (χ4v) is 3.86. The molecule has 1 amide bonds. The minimum atomic E-state index is -0.518. The van der Waals surface area contributed by atoms with Crippen LogP contribution in [0.4, 0.5) is 5.82 Å². The Morgan fingerprint density at radius 2 is 1.56 bits per heavy atom. The zero-order valence-corrected chi connectivity index (χ0v) is 19.2. The summed E-state index contributed by atoms with van der Waals surface area (Å²) in [7, 11) is 0. The minimum absolute atomic E-state index is 0.0198. The molecule has 32 heavy (non-hydrogen) atoms. The number of hydrogen-bond acceptors (Lipinski definition) is 5. The Balaban J connectivity index is 1.33. The fourth-order valence-electron chi connectivity index (χ4n) is 3.86. The summed E-state index contributed by atoms with van der Waals surface area (Å²) in [6.45, 7) is 10.6. The fraction of sp³-hybridized carbons (Fsp3) is 0.346. The molecule has 1 atom stereocenters. The van der Waals surface area contributed by atoms with Gasteiger partial charge in [0.15, 0.2) is 11.9 Å². The molecule has 1 aromatic heterocycles. The number of anilines is 1. The van der Waals surface area contributed by atoms with Crippen molar-refractivity contribution in [2.75, 3.05) is 31.1 Å². The Morgan fingerprint density at radius 1 is 0.875 bits per heavy atom. The zero-order valence-electron chi connectivity index (χ0n) is 19.2. The van der Waals surface area contributed by atoms with E-state index in [0.29, 0.717) is 13.1 Å². The van der Waals surface area contributed by atoms with Crippen molar-refractivity contribution in [2.45, 2.75) is 33.8 Å². The van der Waals surface area contributed by atoms with Gasteiger partial charge in [0.25, 0.3) is 5.91 Å². The molecule has 6 heteroatoms. The highest BCUT2D eigenvalue weighted by Gasteiger charge is 2.27. The first-order valence-corrected chi connectivity index (χ1v) is 11.1. The van der Waals surface area contributed by atoms with Gasteiger partial charge in [-0.05, 0) is 57.0 Å². The molecule has 0 radical (unpaired) electrons. The van der Waals surface area contributed by atoms with Crippen molar-refractivity contribution in [1.29, 1.82) is 0 Å². The molecule has 1 fully saturated rings. The zero-order chi connectivity index (χ0) is 22.7. The third-order valence-corrected chi connectivity index (χ3v) is 5.91.